The zero-order valence-electron chi connectivity index (χ0n) is 13.8. The molecule has 7 atom stereocenters. The molecule has 120 valence electrons. The molecule has 4 rings (SSSR count). The van der Waals surface area contributed by atoms with Crippen LogP contribution in [0.5, 0.6) is 0 Å². The molecule has 0 radical (unpaired) electrons. The standard InChI is InChI=1S/C17H28O4/c1-9-6-14(20-10(2)18)15-11(9)7-12-13(19)8-17(15,5)21-16(12,3)4/h9,11-15,19H,6-8H2,1-5H3. The van der Waals surface area contributed by atoms with E-state index in [9.17, 15) is 9.90 Å². The minimum atomic E-state index is -0.411. The van der Waals surface area contributed by atoms with Gasteiger partial charge in [0.25, 0.3) is 0 Å². The van der Waals surface area contributed by atoms with Crippen LogP contribution >= 0.6 is 0 Å². The number of carbonyl (C=O) groups excluding carboxylic acids is 1. The number of fused-ring (bicyclic) bond motifs is 2. The van der Waals surface area contributed by atoms with Gasteiger partial charge in [-0.15, -0.1) is 0 Å². The first-order valence-electron chi connectivity index (χ1n) is 8.19. The molecule has 21 heavy (non-hydrogen) atoms. The molecule has 0 spiro atoms. The molecule has 2 saturated carbocycles. The van der Waals surface area contributed by atoms with Crippen LogP contribution in [0.15, 0.2) is 0 Å². The fourth-order valence-electron chi connectivity index (χ4n) is 5.55. The molecule has 4 heteroatoms. The summed E-state index contributed by atoms with van der Waals surface area (Å²) in [5.41, 5.74) is -0.733. The van der Waals surface area contributed by atoms with Gasteiger partial charge in [0, 0.05) is 25.2 Å². The number of hydrogen-bond donors (Lipinski definition) is 1. The maximum Gasteiger partial charge on any atom is 0.302 e. The van der Waals surface area contributed by atoms with Crippen molar-refractivity contribution in [3.05, 3.63) is 0 Å². The van der Waals surface area contributed by atoms with Crippen molar-refractivity contribution in [3.8, 4) is 0 Å². The molecule has 4 nitrogen and oxygen atoms in total. The third kappa shape index (κ3) is 2.31. The number of hydrogen-bond acceptors (Lipinski definition) is 4. The molecular formula is C17H28O4. The first-order chi connectivity index (χ1) is 9.64. The van der Waals surface area contributed by atoms with E-state index in [-0.39, 0.29) is 35.6 Å². The number of aliphatic hydroxyl groups is 1. The van der Waals surface area contributed by atoms with Crippen LogP contribution < -0.4 is 0 Å². The number of aliphatic hydroxyl groups excluding tert-OH is 1. The summed E-state index contributed by atoms with van der Waals surface area (Å²) in [6, 6.07) is 0. The zero-order valence-corrected chi connectivity index (χ0v) is 13.8. The SMILES string of the molecule is CC(=O)OC1CC(C)C2CC3C(O)CC(C)(OC3(C)C)C12. The van der Waals surface area contributed by atoms with E-state index in [0.717, 1.165) is 12.8 Å². The first-order valence-corrected chi connectivity index (χ1v) is 8.19. The highest BCUT2D eigenvalue weighted by atomic mass is 16.6. The molecule has 0 amide bonds. The van der Waals surface area contributed by atoms with Crippen LogP contribution in [0.2, 0.25) is 0 Å². The molecule has 2 aliphatic carbocycles. The van der Waals surface area contributed by atoms with E-state index in [0.29, 0.717) is 18.3 Å². The molecule has 7 unspecified atom stereocenters. The lowest BCUT2D eigenvalue weighted by Crippen LogP contribution is -2.56. The van der Waals surface area contributed by atoms with E-state index in [1.54, 1.807) is 0 Å². The molecule has 1 N–H and O–H groups in total. The van der Waals surface area contributed by atoms with Gasteiger partial charge < -0.3 is 14.6 Å². The summed E-state index contributed by atoms with van der Waals surface area (Å²) in [5, 5.41) is 10.6. The Morgan fingerprint density at radius 3 is 2.52 bits per heavy atom. The van der Waals surface area contributed by atoms with Gasteiger partial charge in [-0.1, -0.05) is 6.92 Å². The van der Waals surface area contributed by atoms with Crippen LogP contribution in [-0.4, -0.2) is 34.5 Å². The molecule has 2 aliphatic heterocycles. The predicted molar refractivity (Wildman–Crippen MR) is 78.6 cm³/mol. The second-order valence-electron chi connectivity index (χ2n) is 8.18. The number of rotatable bonds is 1. The summed E-state index contributed by atoms with van der Waals surface area (Å²) in [4.78, 5) is 11.5. The van der Waals surface area contributed by atoms with Crippen molar-refractivity contribution in [1.29, 1.82) is 0 Å². The Kier molecular flexibility index (Phi) is 3.42. The fourth-order valence-corrected chi connectivity index (χ4v) is 5.55. The molecule has 4 fully saturated rings. The molecule has 2 bridgehead atoms. The van der Waals surface area contributed by atoms with E-state index >= 15 is 0 Å². The van der Waals surface area contributed by atoms with Gasteiger partial charge in [-0.3, -0.25) is 4.79 Å². The van der Waals surface area contributed by atoms with Crippen molar-refractivity contribution in [2.75, 3.05) is 0 Å². The van der Waals surface area contributed by atoms with Crippen molar-refractivity contribution in [2.24, 2.45) is 23.7 Å². The molecule has 4 aliphatic rings. The van der Waals surface area contributed by atoms with Gasteiger partial charge in [0.15, 0.2) is 0 Å². The van der Waals surface area contributed by atoms with Crippen LogP contribution in [0.4, 0.5) is 0 Å². The third-order valence-corrected chi connectivity index (χ3v) is 6.21. The van der Waals surface area contributed by atoms with E-state index in [1.807, 2.05) is 0 Å². The molecule has 0 aromatic rings. The largest absolute Gasteiger partial charge is 0.462 e. The Morgan fingerprint density at radius 1 is 1.29 bits per heavy atom. The lowest BCUT2D eigenvalue weighted by molar-refractivity contribution is -0.239. The van der Waals surface area contributed by atoms with Crippen LogP contribution in [0, 0.1) is 23.7 Å². The summed E-state index contributed by atoms with van der Waals surface area (Å²) >= 11 is 0. The lowest BCUT2D eigenvalue weighted by atomic mass is 9.76. The molecule has 0 aromatic heterocycles. The highest BCUT2D eigenvalue weighted by molar-refractivity contribution is 5.66. The quantitative estimate of drug-likeness (QED) is 0.756. The minimum Gasteiger partial charge on any atom is -0.462 e. The van der Waals surface area contributed by atoms with Crippen molar-refractivity contribution >= 4 is 5.97 Å². The fraction of sp³-hybridized carbons (Fsp3) is 0.941. The van der Waals surface area contributed by atoms with E-state index in [2.05, 4.69) is 27.7 Å². The van der Waals surface area contributed by atoms with Gasteiger partial charge in [-0.25, -0.2) is 0 Å². The topological polar surface area (TPSA) is 55.8 Å². The average molecular weight is 296 g/mol. The summed E-state index contributed by atoms with van der Waals surface area (Å²) in [7, 11) is 0. The maximum absolute atomic E-state index is 11.5. The predicted octanol–water partition coefficient (Wildman–Crippen LogP) is 2.53. The Hall–Kier alpha value is -0.610. The van der Waals surface area contributed by atoms with Gasteiger partial charge in [-0.05, 0) is 45.4 Å². The number of esters is 1. The van der Waals surface area contributed by atoms with Gasteiger partial charge in [0.05, 0.1) is 17.3 Å². The number of ether oxygens (including phenoxy) is 2. The second kappa shape index (κ2) is 4.69. The Balaban J connectivity index is 2.00. The summed E-state index contributed by atoms with van der Waals surface area (Å²) < 4.78 is 12.1. The van der Waals surface area contributed by atoms with E-state index < -0.39 is 5.60 Å². The zero-order chi connectivity index (χ0) is 15.6. The maximum atomic E-state index is 11.5. The van der Waals surface area contributed by atoms with Crippen molar-refractivity contribution in [3.63, 3.8) is 0 Å². The molecule has 2 heterocycles. The lowest BCUT2D eigenvalue weighted by Gasteiger charge is -2.50. The molecule has 2 saturated heterocycles. The summed E-state index contributed by atoms with van der Waals surface area (Å²) in [6.45, 7) is 10.0. The van der Waals surface area contributed by atoms with E-state index in [1.165, 1.54) is 6.92 Å². The number of carbonyl (C=O) groups is 1. The second-order valence-corrected chi connectivity index (χ2v) is 8.18. The van der Waals surface area contributed by atoms with Gasteiger partial charge in [-0.2, -0.15) is 0 Å². The van der Waals surface area contributed by atoms with Crippen LogP contribution in [-0.2, 0) is 14.3 Å². The monoisotopic (exact) mass is 296 g/mol. The smallest absolute Gasteiger partial charge is 0.302 e. The molecule has 0 aromatic carbocycles. The van der Waals surface area contributed by atoms with Crippen molar-refractivity contribution < 1.29 is 19.4 Å². The minimum absolute atomic E-state index is 0.0765. The van der Waals surface area contributed by atoms with Crippen molar-refractivity contribution in [2.45, 2.75) is 77.3 Å². The van der Waals surface area contributed by atoms with Gasteiger partial charge >= 0.3 is 5.97 Å². The highest BCUT2D eigenvalue weighted by Gasteiger charge is 2.62. The first kappa shape index (κ1) is 15.3. The third-order valence-electron chi connectivity index (χ3n) is 6.21. The summed E-state index contributed by atoms with van der Waals surface area (Å²) in [5.74, 6) is 1.11. The average Bonchev–Trinajstić information content (AvgIpc) is 2.46. The van der Waals surface area contributed by atoms with Crippen molar-refractivity contribution in [1.82, 2.24) is 0 Å². The van der Waals surface area contributed by atoms with Crippen LogP contribution in [0.25, 0.3) is 0 Å². The highest BCUT2D eigenvalue weighted by Crippen LogP contribution is 2.58. The van der Waals surface area contributed by atoms with Crippen LogP contribution in [0.3, 0.4) is 0 Å². The van der Waals surface area contributed by atoms with Gasteiger partial charge in [0.1, 0.15) is 6.10 Å². The van der Waals surface area contributed by atoms with Crippen LogP contribution in [0.1, 0.15) is 53.9 Å². The Labute approximate surface area is 127 Å². The Morgan fingerprint density at radius 2 is 1.95 bits per heavy atom. The molecular weight excluding hydrogens is 268 g/mol. The summed E-state index contributed by atoms with van der Waals surface area (Å²) in [6.07, 6.45) is 2.12. The van der Waals surface area contributed by atoms with E-state index in [4.69, 9.17) is 9.47 Å². The van der Waals surface area contributed by atoms with Gasteiger partial charge in [0.2, 0.25) is 0 Å². The normalized spacial score (nSPS) is 51.3. The Bertz CT molecular complexity index is 446.